The zero-order valence-electron chi connectivity index (χ0n) is 11.6. The Labute approximate surface area is 147 Å². The lowest BCUT2D eigenvalue weighted by Crippen LogP contribution is -2.02. The molecule has 0 atom stereocenters. The average molecular weight is 367 g/mol. The van der Waals surface area contributed by atoms with Crippen LogP contribution >= 0.6 is 34.8 Å². The Morgan fingerprint density at radius 3 is 2.26 bits per heavy atom. The Bertz CT molecular complexity index is 821. The number of nitrogens with zero attached hydrogens (tertiary/aromatic N) is 3. The highest BCUT2D eigenvalue weighted by Gasteiger charge is 2.04. The molecule has 0 fully saturated rings. The Morgan fingerprint density at radius 2 is 1.52 bits per heavy atom. The quantitative estimate of drug-likeness (QED) is 0.654. The Hall–Kier alpha value is -2.08. The molecule has 0 bridgehead atoms. The van der Waals surface area contributed by atoms with Gasteiger partial charge in [0.2, 0.25) is 5.95 Å². The molecule has 0 amide bonds. The number of anilines is 4. The summed E-state index contributed by atoms with van der Waals surface area (Å²) in [5.74, 6) is 0.841. The number of aromatic nitrogens is 3. The van der Waals surface area contributed by atoms with E-state index in [0.717, 1.165) is 5.69 Å². The Balaban J connectivity index is 1.79. The monoisotopic (exact) mass is 365 g/mol. The van der Waals surface area contributed by atoms with Crippen molar-refractivity contribution in [2.75, 3.05) is 10.6 Å². The zero-order chi connectivity index (χ0) is 16.2. The van der Waals surface area contributed by atoms with E-state index in [1.165, 1.54) is 6.20 Å². The summed E-state index contributed by atoms with van der Waals surface area (Å²) < 4.78 is 0. The van der Waals surface area contributed by atoms with Gasteiger partial charge in [0.15, 0.2) is 5.82 Å². The van der Waals surface area contributed by atoms with E-state index < -0.39 is 0 Å². The molecular weight excluding hydrogens is 357 g/mol. The summed E-state index contributed by atoms with van der Waals surface area (Å²) in [5, 5.41) is 15.6. The van der Waals surface area contributed by atoms with Gasteiger partial charge in [-0.25, -0.2) is 0 Å². The van der Waals surface area contributed by atoms with E-state index in [1.807, 2.05) is 12.1 Å². The molecule has 0 aliphatic heterocycles. The van der Waals surface area contributed by atoms with Gasteiger partial charge in [-0.15, -0.1) is 5.10 Å². The van der Waals surface area contributed by atoms with Crippen molar-refractivity contribution in [3.05, 3.63) is 63.7 Å². The van der Waals surface area contributed by atoms with Gasteiger partial charge >= 0.3 is 0 Å². The first kappa shape index (κ1) is 15.8. The van der Waals surface area contributed by atoms with E-state index in [0.29, 0.717) is 32.5 Å². The van der Waals surface area contributed by atoms with Crippen LogP contribution in [0.3, 0.4) is 0 Å². The molecule has 3 rings (SSSR count). The third-order valence-corrected chi connectivity index (χ3v) is 3.45. The molecule has 2 aromatic carbocycles. The predicted molar refractivity (Wildman–Crippen MR) is 94.3 cm³/mol. The van der Waals surface area contributed by atoms with Crippen LogP contribution in [0.25, 0.3) is 0 Å². The molecule has 0 saturated carbocycles. The number of rotatable bonds is 4. The molecule has 23 heavy (non-hydrogen) atoms. The minimum Gasteiger partial charge on any atom is -0.339 e. The fourth-order valence-electron chi connectivity index (χ4n) is 1.89. The number of benzene rings is 2. The molecule has 0 aliphatic carbocycles. The molecule has 0 radical (unpaired) electrons. The third-order valence-electron chi connectivity index (χ3n) is 2.77. The van der Waals surface area contributed by atoms with Gasteiger partial charge in [0.25, 0.3) is 0 Å². The van der Waals surface area contributed by atoms with E-state index >= 15 is 0 Å². The predicted octanol–water partition coefficient (Wildman–Crippen LogP) is 5.32. The molecule has 116 valence electrons. The summed E-state index contributed by atoms with van der Waals surface area (Å²) >= 11 is 17.9. The van der Waals surface area contributed by atoms with Gasteiger partial charge in [0.05, 0.1) is 6.20 Å². The highest BCUT2D eigenvalue weighted by molar-refractivity contribution is 6.35. The molecular formula is C15H10Cl3N5. The molecule has 8 heteroatoms. The lowest BCUT2D eigenvalue weighted by atomic mass is 10.3. The number of nitrogens with one attached hydrogen (secondary N) is 2. The van der Waals surface area contributed by atoms with Crippen molar-refractivity contribution in [1.82, 2.24) is 15.2 Å². The van der Waals surface area contributed by atoms with Gasteiger partial charge in [-0.1, -0.05) is 40.9 Å². The molecule has 5 nitrogen and oxygen atoms in total. The van der Waals surface area contributed by atoms with Crippen LogP contribution in [0.15, 0.2) is 48.7 Å². The smallest absolute Gasteiger partial charge is 0.249 e. The zero-order valence-corrected chi connectivity index (χ0v) is 13.9. The maximum absolute atomic E-state index is 5.96. The van der Waals surface area contributed by atoms with Crippen molar-refractivity contribution in [2.45, 2.75) is 0 Å². The number of hydrogen-bond acceptors (Lipinski definition) is 5. The van der Waals surface area contributed by atoms with Crippen LogP contribution in [0.1, 0.15) is 0 Å². The van der Waals surface area contributed by atoms with Crippen LogP contribution in [0.4, 0.5) is 23.1 Å². The number of hydrogen-bond donors (Lipinski definition) is 2. The normalized spacial score (nSPS) is 10.4. The lowest BCUT2D eigenvalue weighted by molar-refractivity contribution is 0.982. The van der Waals surface area contributed by atoms with Crippen LogP contribution in [-0.4, -0.2) is 15.2 Å². The Kier molecular flexibility index (Phi) is 4.81. The fourth-order valence-corrected chi connectivity index (χ4v) is 2.60. The van der Waals surface area contributed by atoms with E-state index in [-0.39, 0.29) is 0 Å². The van der Waals surface area contributed by atoms with E-state index in [4.69, 9.17) is 34.8 Å². The van der Waals surface area contributed by atoms with Crippen molar-refractivity contribution in [3.8, 4) is 0 Å². The molecule has 0 spiro atoms. The summed E-state index contributed by atoms with van der Waals surface area (Å²) in [4.78, 5) is 4.33. The topological polar surface area (TPSA) is 62.7 Å². The van der Waals surface area contributed by atoms with E-state index in [9.17, 15) is 0 Å². The minimum atomic E-state index is 0.315. The molecule has 2 N–H and O–H groups in total. The SMILES string of the molecule is Clc1cccc(Nc2cnnc(Nc3cc(Cl)cc(Cl)c3)n2)c1. The molecule has 0 unspecified atom stereocenters. The summed E-state index contributed by atoms with van der Waals surface area (Å²) in [6.07, 6.45) is 1.51. The van der Waals surface area contributed by atoms with Gasteiger partial charge in [0.1, 0.15) is 0 Å². The van der Waals surface area contributed by atoms with Gasteiger partial charge in [-0.2, -0.15) is 10.1 Å². The van der Waals surface area contributed by atoms with Crippen molar-refractivity contribution in [1.29, 1.82) is 0 Å². The van der Waals surface area contributed by atoms with Crippen molar-refractivity contribution in [3.63, 3.8) is 0 Å². The van der Waals surface area contributed by atoms with Crippen LogP contribution in [-0.2, 0) is 0 Å². The van der Waals surface area contributed by atoms with Gasteiger partial charge in [-0.3, -0.25) is 0 Å². The average Bonchev–Trinajstić information content (AvgIpc) is 2.46. The molecule has 1 heterocycles. The van der Waals surface area contributed by atoms with Gasteiger partial charge in [-0.05, 0) is 36.4 Å². The maximum Gasteiger partial charge on any atom is 0.249 e. The summed E-state index contributed by atoms with van der Waals surface area (Å²) in [7, 11) is 0. The Morgan fingerprint density at radius 1 is 0.783 bits per heavy atom. The van der Waals surface area contributed by atoms with E-state index in [1.54, 1.807) is 30.3 Å². The third kappa shape index (κ3) is 4.45. The van der Waals surface area contributed by atoms with Crippen LogP contribution < -0.4 is 10.6 Å². The largest absolute Gasteiger partial charge is 0.339 e. The summed E-state index contributed by atoms with van der Waals surface area (Å²) in [5.41, 5.74) is 1.47. The molecule has 3 aromatic rings. The second-order valence-corrected chi connectivity index (χ2v) is 5.89. The van der Waals surface area contributed by atoms with Crippen molar-refractivity contribution < 1.29 is 0 Å². The molecule has 0 aliphatic rings. The lowest BCUT2D eigenvalue weighted by Gasteiger charge is -2.08. The summed E-state index contributed by atoms with van der Waals surface area (Å²) in [6, 6.07) is 12.4. The van der Waals surface area contributed by atoms with E-state index in [2.05, 4.69) is 25.8 Å². The van der Waals surface area contributed by atoms with Gasteiger partial charge < -0.3 is 10.6 Å². The van der Waals surface area contributed by atoms with Crippen LogP contribution in [0.2, 0.25) is 15.1 Å². The first-order valence-electron chi connectivity index (χ1n) is 6.54. The van der Waals surface area contributed by atoms with Crippen molar-refractivity contribution in [2.24, 2.45) is 0 Å². The van der Waals surface area contributed by atoms with Crippen LogP contribution in [0.5, 0.6) is 0 Å². The second kappa shape index (κ2) is 7.00. The maximum atomic E-state index is 5.96. The first-order valence-corrected chi connectivity index (χ1v) is 7.67. The fraction of sp³-hybridized carbons (Fsp3) is 0. The summed E-state index contributed by atoms with van der Waals surface area (Å²) in [6.45, 7) is 0. The second-order valence-electron chi connectivity index (χ2n) is 4.58. The number of halogens is 3. The van der Waals surface area contributed by atoms with Gasteiger partial charge in [0, 0.05) is 26.4 Å². The minimum absolute atomic E-state index is 0.315. The highest BCUT2D eigenvalue weighted by Crippen LogP contribution is 2.24. The molecule has 0 saturated heterocycles. The standard InChI is InChI=1S/C15H10Cl3N5/c16-9-2-1-3-12(5-9)20-14-8-19-23-15(22-14)21-13-6-10(17)4-11(18)7-13/h1-8H,(H2,20,21,22,23). The highest BCUT2D eigenvalue weighted by atomic mass is 35.5. The van der Waals surface area contributed by atoms with Crippen molar-refractivity contribution >= 4 is 57.9 Å². The first-order chi connectivity index (χ1) is 11.1. The van der Waals surface area contributed by atoms with Crippen LogP contribution in [0, 0.1) is 0 Å². The molecule has 1 aromatic heterocycles.